The maximum Gasteiger partial charge on any atom is 0.412 e. The minimum Gasteiger partial charge on any atom is -0.444 e. The van der Waals surface area contributed by atoms with Crippen LogP contribution in [0, 0.1) is 0 Å². The van der Waals surface area contributed by atoms with E-state index < -0.39 is 19.4 Å². The van der Waals surface area contributed by atoms with Crippen molar-refractivity contribution in [3.05, 3.63) is 30.3 Å². The molecule has 0 saturated carbocycles. The fourth-order valence-corrected chi connectivity index (χ4v) is 10.4. The number of unbranched alkanes of at least 4 members (excludes halogenated alkanes) is 10. The highest BCUT2D eigenvalue weighted by Gasteiger charge is 2.60. The molecule has 2 saturated heterocycles. The smallest absolute Gasteiger partial charge is 0.412 e. The van der Waals surface area contributed by atoms with Crippen LogP contribution in [-0.2, 0) is 14.2 Å². The lowest BCUT2D eigenvalue weighted by Gasteiger charge is -2.42. The SMILES string of the molecule is CCCCCCCCCCCCC[C@@H]1O[C@H]1[C@@H]([C@@H]1COC(C)(C)N1C(=O)OC(C)(C)C)[Si](C)(C)c1ccccc1. The maximum absolute atomic E-state index is 13.6. The lowest BCUT2D eigenvalue weighted by Crippen LogP contribution is -2.59. The molecular weight excluding hydrogens is 514 g/mol. The van der Waals surface area contributed by atoms with Gasteiger partial charge in [0.2, 0.25) is 0 Å². The third kappa shape index (κ3) is 9.32. The van der Waals surface area contributed by atoms with Crippen molar-refractivity contribution in [1.82, 2.24) is 4.90 Å². The van der Waals surface area contributed by atoms with Crippen molar-refractivity contribution in [2.45, 2.75) is 167 Å². The summed E-state index contributed by atoms with van der Waals surface area (Å²) in [5, 5.41) is 1.40. The Bertz CT molecular complexity index is 897. The molecule has 0 aromatic heterocycles. The van der Waals surface area contributed by atoms with Crippen molar-refractivity contribution >= 4 is 19.4 Å². The molecule has 0 aliphatic carbocycles. The monoisotopic (exact) mass is 573 g/mol. The second-order valence-corrected chi connectivity index (χ2v) is 18.9. The Hall–Kier alpha value is -1.37. The lowest BCUT2D eigenvalue weighted by molar-refractivity contribution is -0.0628. The number of hydrogen-bond donors (Lipinski definition) is 0. The Balaban J connectivity index is 1.62. The van der Waals surface area contributed by atoms with Gasteiger partial charge in [0.15, 0.2) is 0 Å². The largest absolute Gasteiger partial charge is 0.444 e. The first kappa shape index (κ1) is 33.1. The first-order valence-corrected chi connectivity index (χ1v) is 19.3. The molecule has 0 unspecified atom stereocenters. The predicted molar refractivity (Wildman–Crippen MR) is 169 cm³/mol. The molecule has 2 aliphatic rings. The van der Waals surface area contributed by atoms with Crippen molar-refractivity contribution in [2.24, 2.45) is 0 Å². The molecule has 228 valence electrons. The van der Waals surface area contributed by atoms with E-state index >= 15 is 0 Å². The highest BCUT2D eigenvalue weighted by atomic mass is 28.3. The Kier molecular flexibility index (Phi) is 12.2. The molecule has 2 fully saturated rings. The van der Waals surface area contributed by atoms with E-state index in [0.717, 1.165) is 6.42 Å². The Morgan fingerprint density at radius 2 is 1.52 bits per heavy atom. The highest BCUT2D eigenvalue weighted by molar-refractivity contribution is 6.91. The summed E-state index contributed by atoms with van der Waals surface area (Å²) in [6.07, 6.45) is 16.2. The zero-order chi connectivity index (χ0) is 29.4. The van der Waals surface area contributed by atoms with Crippen molar-refractivity contribution < 1.29 is 19.0 Å². The summed E-state index contributed by atoms with van der Waals surface area (Å²) in [7, 11) is -2.06. The van der Waals surface area contributed by atoms with E-state index in [1.165, 1.54) is 75.8 Å². The van der Waals surface area contributed by atoms with Crippen molar-refractivity contribution in [1.29, 1.82) is 0 Å². The summed E-state index contributed by atoms with van der Waals surface area (Å²) < 4.78 is 18.7. The standard InChI is InChI=1S/C34H59NO4Si/c1-9-10-11-12-13-14-15-16-17-18-22-25-29-30(38-29)31(40(7,8)27-23-20-19-21-24-27)28-26-37-34(5,6)35(28)32(36)39-33(2,3)4/h19-21,23-24,28-31H,9-18,22,25-26H2,1-8H3/t28-,29-,30+,31+/m0/s1. The van der Waals surface area contributed by atoms with Gasteiger partial charge in [-0.05, 0) is 41.0 Å². The van der Waals surface area contributed by atoms with Crippen LogP contribution in [0.3, 0.4) is 0 Å². The summed E-state index contributed by atoms with van der Waals surface area (Å²) in [5.74, 6) is 0. The lowest BCUT2D eigenvalue weighted by atomic mass is 10.0. The minimum absolute atomic E-state index is 0.0703. The van der Waals surface area contributed by atoms with Crippen molar-refractivity contribution in [3.8, 4) is 0 Å². The van der Waals surface area contributed by atoms with Gasteiger partial charge in [-0.15, -0.1) is 0 Å². The van der Waals surface area contributed by atoms with Gasteiger partial charge in [0.05, 0.1) is 32.9 Å². The second kappa shape index (κ2) is 14.7. The Morgan fingerprint density at radius 1 is 0.975 bits per heavy atom. The number of carbonyl (C=O) groups excluding carboxylic acids is 1. The number of epoxide rings is 1. The topological polar surface area (TPSA) is 51.3 Å². The van der Waals surface area contributed by atoms with Crippen LogP contribution in [0.1, 0.15) is 119 Å². The third-order valence-corrected chi connectivity index (χ3v) is 13.1. The van der Waals surface area contributed by atoms with E-state index in [9.17, 15) is 4.79 Å². The molecule has 0 bridgehead atoms. The molecule has 0 spiro atoms. The number of rotatable bonds is 16. The first-order chi connectivity index (χ1) is 18.9. The fourth-order valence-electron chi connectivity index (χ4n) is 6.65. The van der Waals surface area contributed by atoms with E-state index in [4.69, 9.17) is 14.2 Å². The first-order valence-electron chi connectivity index (χ1n) is 16.3. The van der Waals surface area contributed by atoms with Gasteiger partial charge in [0.25, 0.3) is 0 Å². The molecule has 0 radical (unpaired) electrons. The normalized spacial score (nSPS) is 23.3. The zero-order valence-corrected chi connectivity index (χ0v) is 28.0. The molecule has 4 atom stereocenters. The zero-order valence-electron chi connectivity index (χ0n) is 27.0. The minimum atomic E-state index is -2.06. The average Bonchev–Trinajstić information content (AvgIpc) is 3.55. The molecule has 5 nitrogen and oxygen atoms in total. The van der Waals surface area contributed by atoms with Gasteiger partial charge in [0.1, 0.15) is 11.3 Å². The van der Waals surface area contributed by atoms with Gasteiger partial charge in [-0.2, -0.15) is 0 Å². The van der Waals surface area contributed by atoms with E-state index in [0.29, 0.717) is 6.61 Å². The van der Waals surface area contributed by atoms with Crippen LogP contribution < -0.4 is 5.19 Å². The Morgan fingerprint density at radius 3 is 2.08 bits per heavy atom. The molecule has 40 heavy (non-hydrogen) atoms. The molecule has 2 aliphatic heterocycles. The van der Waals surface area contributed by atoms with Gasteiger partial charge >= 0.3 is 6.09 Å². The summed E-state index contributed by atoms with van der Waals surface area (Å²) in [5.41, 5.74) is -1.05. The predicted octanol–water partition coefficient (Wildman–Crippen LogP) is 8.81. The summed E-state index contributed by atoms with van der Waals surface area (Å²) in [6, 6.07) is 10.8. The van der Waals surface area contributed by atoms with Crippen LogP contribution in [0.4, 0.5) is 4.79 Å². The van der Waals surface area contributed by atoms with Gasteiger partial charge < -0.3 is 14.2 Å². The van der Waals surface area contributed by atoms with Gasteiger partial charge in [-0.1, -0.05) is 126 Å². The van der Waals surface area contributed by atoms with Gasteiger partial charge in [0, 0.05) is 5.54 Å². The Labute approximate surface area is 246 Å². The van der Waals surface area contributed by atoms with Gasteiger partial charge in [-0.25, -0.2) is 4.79 Å². The van der Waals surface area contributed by atoms with Crippen LogP contribution in [0.5, 0.6) is 0 Å². The molecule has 0 N–H and O–H groups in total. The van der Waals surface area contributed by atoms with E-state index in [-0.39, 0.29) is 29.9 Å². The van der Waals surface area contributed by atoms with Crippen molar-refractivity contribution in [3.63, 3.8) is 0 Å². The van der Waals surface area contributed by atoms with Crippen LogP contribution in [0.15, 0.2) is 30.3 Å². The fraction of sp³-hybridized carbons (Fsp3) is 0.794. The summed E-state index contributed by atoms with van der Waals surface area (Å²) in [4.78, 5) is 15.5. The summed E-state index contributed by atoms with van der Waals surface area (Å²) in [6.45, 7) is 17.4. The number of nitrogens with zero attached hydrogens (tertiary/aromatic N) is 1. The molecule has 1 aromatic rings. The quantitative estimate of drug-likeness (QED) is 0.113. The molecule has 1 amide bonds. The molecule has 1 aromatic carbocycles. The van der Waals surface area contributed by atoms with Gasteiger partial charge in [-0.3, -0.25) is 4.90 Å². The third-order valence-electron chi connectivity index (χ3n) is 8.94. The average molecular weight is 574 g/mol. The number of hydrogen-bond acceptors (Lipinski definition) is 4. The number of amides is 1. The van der Waals surface area contributed by atoms with E-state index in [1.807, 2.05) is 39.5 Å². The van der Waals surface area contributed by atoms with Crippen molar-refractivity contribution in [2.75, 3.05) is 6.61 Å². The number of ether oxygens (including phenoxy) is 3. The second-order valence-electron chi connectivity index (χ2n) is 14.3. The number of benzene rings is 1. The maximum atomic E-state index is 13.6. The van der Waals surface area contributed by atoms with E-state index in [2.05, 4.69) is 50.3 Å². The summed E-state index contributed by atoms with van der Waals surface area (Å²) >= 11 is 0. The molecule has 2 heterocycles. The van der Waals surface area contributed by atoms with Crippen LogP contribution in [0.25, 0.3) is 0 Å². The van der Waals surface area contributed by atoms with E-state index in [1.54, 1.807) is 0 Å². The van der Waals surface area contributed by atoms with Crippen LogP contribution in [0.2, 0.25) is 18.6 Å². The molecule has 3 rings (SSSR count). The van der Waals surface area contributed by atoms with Crippen LogP contribution in [-0.4, -0.2) is 55.2 Å². The molecule has 6 heteroatoms. The molecular formula is C34H59NO4Si. The van der Waals surface area contributed by atoms with Crippen LogP contribution >= 0.6 is 0 Å². The number of carbonyl (C=O) groups is 1. The highest BCUT2D eigenvalue weighted by Crippen LogP contribution is 2.48.